The molecule has 0 aromatic carbocycles. The lowest BCUT2D eigenvalue weighted by molar-refractivity contribution is 0.399. The van der Waals surface area contributed by atoms with Gasteiger partial charge in [-0.2, -0.15) is 4.98 Å². The van der Waals surface area contributed by atoms with Crippen LogP contribution in [0.15, 0.2) is 24.4 Å². The monoisotopic (exact) mass is 278 g/mol. The molecule has 0 aliphatic heterocycles. The molecular weight excluding hydrogens is 248 g/mol. The highest BCUT2D eigenvalue weighted by Crippen LogP contribution is 2.13. The normalized spacial score (nSPS) is 9.85. The minimum absolute atomic E-state index is 0.639. The number of nitrogens with one attached hydrogen (secondary N) is 1. The second kappa shape index (κ2) is 10.3. The van der Waals surface area contributed by atoms with Crippen LogP contribution in [0.25, 0.3) is 11.0 Å². The summed E-state index contributed by atoms with van der Waals surface area (Å²) in [5, 5.41) is 1.10. The van der Waals surface area contributed by atoms with Crippen LogP contribution >= 0.6 is 0 Å². The molecule has 0 atom stereocenters. The number of rotatable bonds is 2. The molecule has 0 bridgehead atoms. The molecule has 0 amide bonds. The number of ether oxygens (including phenoxy) is 1. The lowest BCUT2D eigenvalue weighted by Crippen LogP contribution is -1.86. The van der Waals surface area contributed by atoms with Gasteiger partial charge >= 0.3 is 0 Å². The van der Waals surface area contributed by atoms with Crippen molar-refractivity contribution >= 4 is 11.0 Å². The highest BCUT2D eigenvalue weighted by molar-refractivity contribution is 5.75. The summed E-state index contributed by atoms with van der Waals surface area (Å²) in [6, 6.07) is 5.79. The van der Waals surface area contributed by atoms with Crippen LogP contribution in [0, 0.1) is 11.8 Å². The third-order valence-electron chi connectivity index (χ3n) is 2.41. The third kappa shape index (κ3) is 8.57. The zero-order valence-electron chi connectivity index (χ0n) is 14.0. The Labute approximate surface area is 123 Å². The zero-order chi connectivity index (χ0) is 15.5. The van der Waals surface area contributed by atoms with Gasteiger partial charge in [-0.05, 0) is 24.0 Å². The van der Waals surface area contributed by atoms with Crippen molar-refractivity contribution in [2.45, 2.75) is 48.0 Å². The number of H-pyrrole nitrogens is 1. The van der Waals surface area contributed by atoms with Gasteiger partial charge in [0.15, 0.2) is 0 Å². The van der Waals surface area contributed by atoms with E-state index < -0.39 is 0 Å². The van der Waals surface area contributed by atoms with Crippen LogP contribution in [0.4, 0.5) is 0 Å². The number of nitrogens with zero attached hydrogens (tertiary/aromatic N) is 1. The molecule has 3 heteroatoms. The predicted octanol–water partition coefficient (Wildman–Crippen LogP) is 5.29. The van der Waals surface area contributed by atoms with Crippen LogP contribution in [-0.4, -0.2) is 17.1 Å². The Bertz CT molecular complexity index is 458. The fraction of sp³-hybridized carbons (Fsp3) is 0.588. The maximum absolute atomic E-state index is 4.96. The van der Waals surface area contributed by atoms with Crippen LogP contribution in [0.5, 0.6) is 5.88 Å². The molecule has 2 rings (SSSR count). The van der Waals surface area contributed by atoms with E-state index in [1.54, 1.807) is 7.11 Å². The highest BCUT2D eigenvalue weighted by Gasteiger charge is 1.96. The molecule has 0 saturated heterocycles. The number of aromatic amines is 1. The van der Waals surface area contributed by atoms with E-state index in [-0.39, 0.29) is 0 Å². The Morgan fingerprint density at radius 1 is 1.10 bits per heavy atom. The number of hydrogen-bond donors (Lipinski definition) is 1. The van der Waals surface area contributed by atoms with Crippen LogP contribution in [0.1, 0.15) is 48.0 Å². The van der Waals surface area contributed by atoms with Crippen molar-refractivity contribution in [3.05, 3.63) is 24.4 Å². The van der Waals surface area contributed by atoms with E-state index in [4.69, 9.17) is 4.74 Å². The van der Waals surface area contributed by atoms with E-state index in [2.05, 4.69) is 51.5 Å². The van der Waals surface area contributed by atoms with Crippen molar-refractivity contribution in [1.82, 2.24) is 9.97 Å². The lowest BCUT2D eigenvalue weighted by Gasteiger charge is -1.96. The van der Waals surface area contributed by atoms with Crippen LogP contribution in [0.2, 0.25) is 0 Å². The van der Waals surface area contributed by atoms with E-state index in [1.165, 1.54) is 6.42 Å². The molecule has 3 nitrogen and oxygen atoms in total. The fourth-order valence-electron chi connectivity index (χ4n) is 1.03. The van der Waals surface area contributed by atoms with Crippen molar-refractivity contribution in [3.8, 4) is 5.88 Å². The van der Waals surface area contributed by atoms with Gasteiger partial charge in [-0.3, -0.25) is 0 Å². The fourth-order valence-corrected chi connectivity index (χ4v) is 1.03. The number of methoxy groups -OCH3 is 1. The Morgan fingerprint density at radius 2 is 1.65 bits per heavy atom. The Hall–Kier alpha value is -1.51. The Balaban J connectivity index is 0.000000340. The molecule has 1 N–H and O–H groups in total. The molecule has 0 spiro atoms. The maximum Gasteiger partial charge on any atom is 0.214 e. The van der Waals surface area contributed by atoms with Gasteiger partial charge in [0, 0.05) is 17.6 Å². The molecule has 0 saturated carbocycles. The molecule has 2 heterocycles. The smallest absolute Gasteiger partial charge is 0.214 e. The number of pyridine rings is 1. The van der Waals surface area contributed by atoms with E-state index >= 15 is 0 Å². The lowest BCUT2D eigenvalue weighted by atomic mass is 10.2. The zero-order valence-corrected chi connectivity index (χ0v) is 14.0. The second-order valence-electron chi connectivity index (χ2n) is 5.80. The van der Waals surface area contributed by atoms with Gasteiger partial charge < -0.3 is 9.72 Å². The molecule has 0 unspecified atom stereocenters. The topological polar surface area (TPSA) is 37.9 Å². The first-order chi connectivity index (χ1) is 9.40. The average Bonchev–Trinajstić information content (AvgIpc) is 2.85. The van der Waals surface area contributed by atoms with Crippen LogP contribution < -0.4 is 4.74 Å². The molecule has 2 aromatic heterocycles. The molecule has 114 valence electrons. The summed E-state index contributed by atoms with van der Waals surface area (Å²) < 4.78 is 4.96. The quantitative estimate of drug-likeness (QED) is 0.811. The highest BCUT2D eigenvalue weighted by atomic mass is 16.5. The SMILES string of the molecule is CC(C)C.CCC(C)C.COc1ccc2cc[nH]c2n1. The Morgan fingerprint density at radius 3 is 2.10 bits per heavy atom. The van der Waals surface area contributed by atoms with Gasteiger partial charge in [0.25, 0.3) is 0 Å². The van der Waals surface area contributed by atoms with Crippen molar-refractivity contribution in [3.63, 3.8) is 0 Å². The van der Waals surface area contributed by atoms with E-state index in [0.29, 0.717) is 5.88 Å². The van der Waals surface area contributed by atoms with Crippen molar-refractivity contribution < 1.29 is 4.74 Å². The van der Waals surface area contributed by atoms with Gasteiger partial charge in [-0.15, -0.1) is 0 Å². The van der Waals surface area contributed by atoms with Crippen molar-refractivity contribution in [2.75, 3.05) is 7.11 Å². The summed E-state index contributed by atoms with van der Waals surface area (Å²) in [5.41, 5.74) is 0.865. The molecule has 0 aliphatic rings. The number of aromatic nitrogens is 2. The molecule has 2 aromatic rings. The van der Waals surface area contributed by atoms with Gasteiger partial charge in [-0.25, -0.2) is 0 Å². The minimum Gasteiger partial charge on any atom is -0.481 e. The van der Waals surface area contributed by atoms with E-state index in [0.717, 1.165) is 22.9 Å². The van der Waals surface area contributed by atoms with Crippen molar-refractivity contribution in [1.29, 1.82) is 0 Å². The summed E-state index contributed by atoms with van der Waals surface area (Å²) in [6.07, 6.45) is 3.16. The Kier molecular flexibility index (Phi) is 9.52. The largest absolute Gasteiger partial charge is 0.481 e. The molecule has 0 aliphatic carbocycles. The predicted molar refractivity (Wildman–Crippen MR) is 88.3 cm³/mol. The van der Waals surface area contributed by atoms with Gasteiger partial charge in [0.05, 0.1) is 7.11 Å². The summed E-state index contributed by atoms with van der Waals surface area (Å²) in [7, 11) is 1.61. The average molecular weight is 278 g/mol. The summed E-state index contributed by atoms with van der Waals surface area (Å²) in [6.45, 7) is 13.1. The van der Waals surface area contributed by atoms with E-state index in [1.807, 2.05) is 24.4 Å². The minimum atomic E-state index is 0.639. The molecule has 0 fully saturated rings. The molecule has 0 radical (unpaired) electrons. The summed E-state index contributed by atoms with van der Waals surface area (Å²) in [4.78, 5) is 7.18. The van der Waals surface area contributed by atoms with E-state index in [9.17, 15) is 0 Å². The molecule has 20 heavy (non-hydrogen) atoms. The van der Waals surface area contributed by atoms with Crippen molar-refractivity contribution in [2.24, 2.45) is 11.8 Å². The summed E-state index contributed by atoms with van der Waals surface area (Å²) in [5.74, 6) is 2.36. The first-order valence-electron chi connectivity index (χ1n) is 7.38. The molecular formula is C17H30N2O. The van der Waals surface area contributed by atoms with Gasteiger partial charge in [0.2, 0.25) is 5.88 Å². The third-order valence-corrected chi connectivity index (χ3v) is 2.41. The number of fused-ring (bicyclic) bond motifs is 1. The van der Waals surface area contributed by atoms with Gasteiger partial charge in [0.1, 0.15) is 5.65 Å². The van der Waals surface area contributed by atoms with Crippen LogP contribution in [-0.2, 0) is 0 Å². The van der Waals surface area contributed by atoms with Crippen LogP contribution in [0.3, 0.4) is 0 Å². The number of hydrogen-bond acceptors (Lipinski definition) is 2. The van der Waals surface area contributed by atoms with Gasteiger partial charge in [-0.1, -0.05) is 48.0 Å². The maximum atomic E-state index is 4.96. The first-order valence-corrected chi connectivity index (χ1v) is 7.38. The summed E-state index contributed by atoms with van der Waals surface area (Å²) >= 11 is 0. The second-order valence-corrected chi connectivity index (χ2v) is 5.80. The standard InChI is InChI=1S/C8H8N2O.C5H12.C4H10/c1-11-7-3-2-6-4-5-9-8(6)10-7;1-4-5(2)3;1-4(2)3/h2-5H,1H3,(H,9,10);5H,4H2,1-3H3;4H,1-3H3. The first kappa shape index (κ1) is 18.5.